The maximum absolute atomic E-state index is 11.7. The minimum Gasteiger partial charge on any atom is -0.503 e. The second-order valence-electron chi connectivity index (χ2n) is 4.39. The van der Waals surface area contributed by atoms with Crippen molar-refractivity contribution in [1.82, 2.24) is 5.43 Å². The summed E-state index contributed by atoms with van der Waals surface area (Å²) in [5.74, 6) is 0.0558. The van der Waals surface area contributed by atoms with Crippen molar-refractivity contribution in [3.8, 4) is 11.5 Å². The smallest absolute Gasteiger partial charge is 0.339 e. The molecule has 3 N–H and O–H groups in total. The van der Waals surface area contributed by atoms with E-state index in [9.17, 15) is 9.90 Å². The Kier molecular flexibility index (Phi) is 5.67. The molecule has 0 bridgehead atoms. The van der Waals surface area contributed by atoms with Gasteiger partial charge >= 0.3 is 6.03 Å². The normalized spacial score (nSPS) is 10.6. The molecule has 2 amide bonds. The van der Waals surface area contributed by atoms with E-state index < -0.39 is 6.03 Å². The molecule has 8 heteroatoms. The SMILES string of the molecule is COc1cc(/C=N\NC(=O)Nc2cccc(Cl)c2)cc(Cl)c1O. The molecular formula is C15H13Cl2N3O3. The van der Waals surface area contributed by atoms with E-state index >= 15 is 0 Å². The number of carbonyl (C=O) groups is 1. The van der Waals surface area contributed by atoms with Crippen LogP contribution in [-0.4, -0.2) is 24.5 Å². The molecule has 2 aromatic rings. The van der Waals surface area contributed by atoms with Gasteiger partial charge in [-0.05, 0) is 35.9 Å². The summed E-state index contributed by atoms with van der Waals surface area (Å²) in [6.07, 6.45) is 1.37. The molecule has 0 saturated carbocycles. The van der Waals surface area contributed by atoms with Gasteiger partial charge in [-0.15, -0.1) is 0 Å². The van der Waals surface area contributed by atoms with Gasteiger partial charge in [0.1, 0.15) is 0 Å². The number of hydrazone groups is 1. The van der Waals surface area contributed by atoms with E-state index in [0.29, 0.717) is 16.3 Å². The van der Waals surface area contributed by atoms with Crippen LogP contribution in [0.4, 0.5) is 10.5 Å². The highest BCUT2D eigenvalue weighted by Crippen LogP contribution is 2.34. The summed E-state index contributed by atoms with van der Waals surface area (Å²) in [4.78, 5) is 11.7. The molecule has 0 aliphatic carbocycles. The number of hydrogen-bond acceptors (Lipinski definition) is 4. The number of anilines is 1. The van der Waals surface area contributed by atoms with Gasteiger partial charge in [-0.3, -0.25) is 0 Å². The average Bonchev–Trinajstić information content (AvgIpc) is 2.50. The van der Waals surface area contributed by atoms with Crippen LogP contribution in [0, 0.1) is 0 Å². The first kappa shape index (κ1) is 16.9. The molecule has 0 spiro atoms. The van der Waals surface area contributed by atoms with E-state index in [1.54, 1.807) is 24.3 Å². The third-order valence-corrected chi connectivity index (χ3v) is 3.26. The lowest BCUT2D eigenvalue weighted by atomic mass is 10.2. The van der Waals surface area contributed by atoms with Gasteiger partial charge < -0.3 is 15.2 Å². The van der Waals surface area contributed by atoms with Gasteiger partial charge in [0.25, 0.3) is 0 Å². The Morgan fingerprint density at radius 1 is 1.30 bits per heavy atom. The summed E-state index contributed by atoms with van der Waals surface area (Å²) >= 11 is 11.7. The number of nitrogens with one attached hydrogen (secondary N) is 2. The number of nitrogens with zero attached hydrogens (tertiary/aromatic N) is 1. The summed E-state index contributed by atoms with van der Waals surface area (Å²) in [5.41, 5.74) is 3.39. The lowest BCUT2D eigenvalue weighted by Gasteiger charge is -2.06. The van der Waals surface area contributed by atoms with Gasteiger partial charge in [0.2, 0.25) is 0 Å². The molecule has 0 saturated heterocycles. The number of methoxy groups -OCH3 is 1. The highest BCUT2D eigenvalue weighted by molar-refractivity contribution is 6.32. The first-order chi connectivity index (χ1) is 11.0. The van der Waals surface area contributed by atoms with Gasteiger partial charge in [-0.2, -0.15) is 5.10 Å². The number of halogens is 2. The molecule has 0 aliphatic rings. The Morgan fingerprint density at radius 2 is 2.09 bits per heavy atom. The van der Waals surface area contributed by atoms with Crippen molar-refractivity contribution in [2.24, 2.45) is 5.10 Å². The fourth-order valence-electron chi connectivity index (χ4n) is 1.71. The topological polar surface area (TPSA) is 83.0 Å². The molecule has 0 radical (unpaired) electrons. The first-order valence-electron chi connectivity index (χ1n) is 6.41. The second-order valence-corrected chi connectivity index (χ2v) is 5.23. The molecule has 0 aliphatic heterocycles. The molecule has 0 unspecified atom stereocenters. The number of amides is 2. The van der Waals surface area contributed by atoms with E-state index in [4.69, 9.17) is 27.9 Å². The van der Waals surface area contributed by atoms with Crippen molar-refractivity contribution in [3.63, 3.8) is 0 Å². The number of hydrogen-bond donors (Lipinski definition) is 3. The Bertz CT molecular complexity index is 751. The lowest BCUT2D eigenvalue weighted by molar-refractivity contribution is 0.252. The van der Waals surface area contributed by atoms with Crippen LogP contribution in [-0.2, 0) is 0 Å². The Balaban J connectivity index is 1.98. The highest BCUT2D eigenvalue weighted by atomic mass is 35.5. The van der Waals surface area contributed by atoms with Crippen molar-refractivity contribution in [1.29, 1.82) is 0 Å². The van der Waals surface area contributed by atoms with Crippen molar-refractivity contribution >= 4 is 41.1 Å². The summed E-state index contributed by atoms with van der Waals surface area (Å²) in [6, 6.07) is 9.20. The van der Waals surface area contributed by atoms with Crippen molar-refractivity contribution in [3.05, 3.63) is 52.0 Å². The van der Waals surface area contributed by atoms with E-state index in [-0.39, 0.29) is 16.5 Å². The monoisotopic (exact) mass is 353 g/mol. The molecule has 120 valence electrons. The third kappa shape index (κ3) is 4.77. The zero-order valence-electron chi connectivity index (χ0n) is 12.0. The fourth-order valence-corrected chi connectivity index (χ4v) is 2.12. The molecule has 0 atom stereocenters. The fraction of sp³-hybridized carbons (Fsp3) is 0.0667. The Hall–Kier alpha value is -2.44. The number of ether oxygens (including phenoxy) is 1. The maximum atomic E-state index is 11.7. The van der Waals surface area contributed by atoms with E-state index in [2.05, 4.69) is 15.8 Å². The van der Waals surface area contributed by atoms with Crippen LogP contribution in [0.5, 0.6) is 11.5 Å². The molecule has 6 nitrogen and oxygen atoms in total. The van der Waals surface area contributed by atoms with Crippen molar-refractivity contribution < 1.29 is 14.6 Å². The maximum Gasteiger partial charge on any atom is 0.339 e. The summed E-state index contributed by atoms with van der Waals surface area (Å²) in [5, 5.41) is 16.6. The number of aromatic hydroxyl groups is 1. The molecule has 2 rings (SSSR count). The lowest BCUT2D eigenvalue weighted by Crippen LogP contribution is -2.24. The second kappa shape index (κ2) is 7.71. The number of phenols is 1. The average molecular weight is 354 g/mol. The van der Waals surface area contributed by atoms with E-state index in [1.165, 1.54) is 25.5 Å². The largest absolute Gasteiger partial charge is 0.503 e. The number of phenolic OH excluding ortho intramolecular Hbond substituents is 1. The van der Waals surface area contributed by atoms with Gasteiger partial charge in [-0.25, -0.2) is 10.2 Å². The van der Waals surface area contributed by atoms with Crippen LogP contribution in [0.15, 0.2) is 41.5 Å². The van der Waals surface area contributed by atoms with Crippen LogP contribution in [0.3, 0.4) is 0 Å². The van der Waals surface area contributed by atoms with Gasteiger partial charge in [0.15, 0.2) is 11.5 Å². The quantitative estimate of drug-likeness (QED) is 0.576. The minimum absolute atomic E-state index is 0.120. The number of carbonyl (C=O) groups excluding carboxylic acids is 1. The van der Waals surface area contributed by atoms with Gasteiger partial charge in [-0.1, -0.05) is 29.3 Å². The number of rotatable bonds is 4. The standard InChI is InChI=1S/C15H13Cl2N3O3/c1-23-13-6-9(5-12(17)14(13)21)8-18-20-15(22)19-11-4-2-3-10(16)7-11/h2-8,21H,1H3,(H2,19,20,22)/b18-8-. The molecule has 0 fully saturated rings. The zero-order chi connectivity index (χ0) is 16.8. The van der Waals surface area contributed by atoms with Gasteiger partial charge in [0, 0.05) is 10.7 Å². The van der Waals surface area contributed by atoms with Crippen LogP contribution in [0.1, 0.15) is 5.56 Å². The zero-order valence-corrected chi connectivity index (χ0v) is 13.5. The van der Waals surface area contributed by atoms with E-state index in [0.717, 1.165) is 0 Å². The molecule has 0 aromatic heterocycles. The molecule has 0 heterocycles. The van der Waals surface area contributed by atoms with Gasteiger partial charge in [0.05, 0.1) is 18.3 Å². The van der Waals surface area contributed by atoms with Crippen LogP contribution >= 0.6 is 23.2 Å². The Morgan fingerprint density at radius 3 is 2.78 bits per heavy atom. The Labute approximate surface area is 142 Å². The first-order valence-corrected chi connectivity index (χ1v) is 7.17. The van der Waals surface area contributed by atoms with Crippen molar-refractivity contribution in [2.75, 3.05) is 12.4 Å². The number of urea groups is 1. The summed E-state index contributed by atoms with van der Waals surface area (Å²) in [7, 11) is 1.41. The predicted molar refractivity (Wildman–Crippen MR) is 90.9 cm³/mol. The van der Waals surface area contributed by atoms with Crippen LogP contribution < -0.4 is 15.5 Å². The van der Waals surface area contributed by atoms with Crippen molar-refractivity contribution in [2.45, 2.75) is 0 Å². The highest BCUT2D eigenvalue weighted by Gasteiger charge is 2.08. The summed E-state index contributed by atoms with van der Waals surface area (Å²) in [6.45, 7) is 0. The molecule has 2 aromatic carbocycles. The number of benzene rings is 2. The third-order valence-electron chi connectivity index (χ3n) is 2.73. The molecular weight excluding hydrogens is 341 g/mol. The minimum atomic E-state index is -0.527. The summed E-state index contributed by atoms with van der Waals surface area (Å²) < 4.78 is 4.98. The predicted octanol–water partition coefficient (Wildman–Crippen LogP) is 3.86. The van der Waals surface area contributed by atoms with Crippen LogP contribution in [0.25, 0.3) is 0 Å². The molecule has 23 heavy (non-hydrogen) atoms. The van der Waals surface area contributed by atoms with E-state index in [1.807, 2.05) is 0 Å². The van der Waals surface area contributed by atoms with Crippen LogP contribution in [0.2, 0.25) is 10.0 Å².